The zero-order valence-electron chi connectivity index (χ0n) is 6.58. The highest BCUT2D eigenvalue weighted by molar-refractivity contribution is 5.27. The van der Waals surface area contributed by atoms with Crippen LogP contribution in [0.3, 0.4) is 0 Å². The summed E-state index contributed by atoms with van der Waals surface area (Å²) in [5.41, 5.74) is 0.245. The lowest BCUT2D eigenvalue weighted by Gasteiger charge is -2.25. The second kappa shape index (κ2) is 2.32. The molecule has 2 heteroatoms. The van der Waals surface area contributed by atoms with Crippen molar-refractivity contribution in [2.75, 3.05) is 6.61 Å². The van der Waals surface area contributed by atoms with E-state index in [9.17, 15) is 5.11 Å². The third-order valence-electron chi connectivity index (χ3n) is 3.16. The highest BCUT2D eigenvalue weighted by atomic mass is 16.3. The first-order chi connectivity index (χ1) is 5.27. The first-order valence-electron chi connectivity index (χ1n) is 4.30. The topological polar surface area (TPSA) is 40.5 Å². The molecule has 0 unspecified atom stereocenters. The van der Waals surface area contributed by atoms with E-state index >= 15 is 0 Å². The van der Waals surface area contributed by atoms with Gasteiger partial charge in [0.25, 0.3) is 0 Å². The van der Waals surface area contributed by atoms with Gasteiger partial charge in [0, 0.05) is 0 Å². The molecular formula is C9H14O2. The molecule has 2 atom stereocenters. The highest BCUT2D eigenvalue weighted by Gasteiger charge is 2.46. The van der Waals surface area contributed by atoms with Crippen LogP contribution in [0.4, 0.5) is 0 Å². The molecule has 0 aromatic heterocycles. The Balaban J connectivity index is 2.25. The molecule has 0 radical (unpaired) electrons. The molecule has 11 heavy (non-hydrogen) atoms. The fourth-order valence-electron chi connectivity index (χ4n) is 2.46. The maximum absolute atomic E-state index is 10.1. The van der Waals surface area contributed by atoms with Crippen molar-refractivity contribution in [2.24, 2.45) is 5.92 Å². The van der Waals surface area contributed by atoms with Crippen LogP contribution in [-0.4, -0.2) is 22.4 Å². The molecular weight excluding hydrogens is 140 g/mol. The third kappa shape index (κ3) is 0.861. The second-order valence-electron chi connectivity index (χ2n) is 3.64. The molecule has 0 bridgehead atoms. The van der Waals surface area contributed by atoms with Crippen LogP contribution in [0.2, 0.25) is 0 Å². The predicted molar refractivity (Wildman–Crippen MR) is 42.1 cm³/mol. The van der Waals surface area contributed by atoms with Crippen LogP contribution in [0.5, 0.6) is 0 Å². The summed E-state index contributed by atoms with van der Waals surface area (Å²) in [7, 11) is 0. The number of fused-ring (bicyclic) bond motifs is 1. The van der Waals surface area contributed by atoms with Gasteiger partial charge >= 0.3 is 0 Å². The summed E-state index contributed by atoms with van der Waals surface area (Å²) in [6, 6.07) is 0. The van der Waals surface area contributed by atoms with Crippen LogP contribution in [-0.2, 0) is 0 Å². The predicted octanol–water partition coefficient (Wildman–Crippen LogP) is 0.840. The van der Waals surface area contributed by atoms with Gasteiger partial charge in [-0.3, -0.25) is 0 Å². The lowest BCUT2D eigenvalue weighted by atomic mass is 9.89. The van der Waals surface area contributed by atoms with E-state index in [4.69, 9.17) is 5.11 Å². The van der Waals surface area contributed by atoms with Crippen molar-refractivity contribution in [3.8, 4) is 0 Å². The fourth-order valence-corrected chi connectivity index (χ4v) is 2.46. The Hall–Kier alpha value is -0.340. The minimum atomic E-state index is -0.616. The van der Waals surface area contributed by atoms with Gasteiger partial charge in [-0.15, -0.1) is 0 Å². The molecule has 0 heterocycles. The van der Waals surface area contributed by atoms with Crippen molar-refractivity contribution in [3.05, 3.63) is 11.6 Å². The van der Waals surface area contributed by atoms with Gasteiger partial charge in [0.1, 0.15) is 0 Å². The van der Waals surface area contributed by atoms with Gasteiger partial charge in [0.15, 0.2) is 0 Å². The molecule has 0 aromatic carbocycles. The Bertz CT molecular complexity index is 198. The van der Waals surface area contributed by atoms with Gasteiger partial charge in [-0.2, -0.15) is 0 Å². The number of hydrogen-bond donors (Lipinski definition) is 2. The van der Waals surface area contributed by atoms with Crippen molar-refractivity contribution in [1.82, 2.24) is 0 Å². The molecule has 2 aliphatic rings. The first-order valence-corrected chi connectivity index (χ1v) is 4.30. The molecule has 1 fully saturated rings. The van der Waals surface area contributed by atoms with Crippen molar-refractivity contribution < 1.29 is 10.2 Å². The standard InChI is InChI=1S/C9H14O2/c10-6-8-4-3-7-2-1-5-9(7,8)11/h4,7,10-11H,1-3,5-6H2/t7-,9+/m0/s1. The van der Waals surface area contributed by atoms with E-state index < -0.39 is 5.60 Å². The van der Waals surface area contributed by atoms with E-state index in [0.29, 0.717) is 5.92 Å². The summed E-state index contributed by atoms with van der Waals surface area (Å²) in [6.45, 7) is 0.0347. The Morgan fingerprint density at radius 2 is 2.45 bits per heavy atom. The van der Waals surface area contributed by atoms with E-state index in [1.54, 1.807) is 0 Å². The number of hydrogen-bond acceptors (Lipinski definition) is 2. The third-order valence-corrected chi connectivity index (χ3v) is 3.16. The minimum Gasteiger partial charge on any atom is -0.392 e. The van der Waals surface area contributed by atoms with Crippen LogP contribution in [0.25, 0.3) is 0 Å². The van der Waals surface area contributed by atoms with Gasteiger partial charge in [0.2, 0.25) is 0 Å². The lowest BCUT2D eigenvalue weighted by Crippen LogP contribution is -2.32. The average Bonchev–Trinajstić information content (AvgIpc) is 2.44. The van der Waals surface area contributed by atoms with Crippen molar-refractivity contribution >= 4 is 0 Å². The molecule has 62 valence electrons. The highest BCUT2D eigenvalue weighted by Crippen LogP contribution is 2.47. The molecule has 2 aliphatic carbocycles. The van der Waals surface area contributed by atoms with Crippen molar-refractivity contribution in [1.29, 1.82) is 0 Å². The van der Waals surface area contributed by atoms with Crippen LogP contribution in [0.1, 0.15) is 25.7 Å². The molecule has 0 amide bonds. The van der Waals surface area contributed by atoms with Gasteiger partial charge in [-0.1, -0.05) is 6.08 Å². The summed E-state index contributed by atoms with van der Waals surface area (Å²) in [5, 5.41) is 19.0. The Labute approximate surface area is 66.5 Å². The smallest absolute Gasteiger partial charge is 0.0909 e. The molecule has 0 aliphatic heterocycles. The van der Waals surface area contributed by atoms with E-state index in [1.807, 2.05) is 6.08 Å². The van der Waals surface area contributed by atoms with E-state index in [-0.39, 0.29) is 6.61 Å². The largest absolute Gasteiger partial charge is 0.392 e. The Morgan fingerprint density at radius 1 is 1.64 bits per heavy atom. The number of aliphatic hydroxyl groups is 2. The second-order valence-corrected chi connectivity index (χ2v) is 3.64. The summed E-state index contributed by atoms with van der Waals surface area (Å²) in [5.74, 6) is 0.407. The maximum atomic E-state index is 10.1. The first kappa shape index (κ1) is 7.32. The van der Waals surface area contributed by atoms with Crippen LogP contribution < -0.4 is 0 Å². The SMILES string of the molecule is OCC1=CC[C@@H]2CCC[C@]12O. The zero-order chi connectivity index (χ0) is 7.90. The normalized spacial score (nSPS) is 42.4. The zero-order valence-corrected chi connectivity index (χ0v) is 6.58. The fraction of sp³-hybridized carbons (Fsp3) is 0.778. The van der Waals surface area contributed by atoms with E-state index in [0.717, 1.165) is 31.3 Å². The summed E-state index contributed by atoms with van der Waals surface area (Å²) >= 11 is 0. The maximum Gasteiger partial charge on any atom is 0.0909 e. The summed E-state index contributed by atoms with van der Waals surface area (Å²) in [6.07, 6.45) is 6.05. The molecule has 2 rings (SSSR count). The van der Waals surface area contributed by atoms with Gasteiger partial charge in [-0.25, -0.2) is 0 Å². The van der Waals surface area contributed by atoms with Crippen molar-refractivity contribution in [2.45, 2.75) is 31.3 Å². The minimum absolute atomic E-state index is 0.0347. The molecule has 0 spiro atoms. The molecule has 0 aromatic rings. The van der Waals surface area contributed by atoms with Gasteiger partial charge in [-0.05, 0) is 37.2 Å². The van der Waals surface area contributed by atoms with E-state index in [1.165, 1.54) is 0 Å². The number of allylic oxidation sites excluding steroid dienone is 1. The number of rotatable bonds is 1. The van der Waals surface area contributed by atoms with E-state index in [2.05, 4.69) is 0 Å². The Morgan fingerprint density at radius 3 is 3.18 bits per heavy atom. The molecule has 0 saturated heterocycles. The Kier molecular flexibility index (Phi) is 1.55. The van der Waals surface area contributed by atoms with Crippen molar-refractivity contribution in [3.63, 3.8) is 0 Å². The van der Waals surface area contributed by atoms with Crippen LogP contribution in [0, 0.1) is 5.92 Å². The van der Waals surface area contributed by atoms with Crippen LogP contribution >= 0.6 is 0 Å². The average molecular weight is 154 g/mol. The molecule has 2 nitrogen and oxygen atoms in total. The number of aliphatic hydroxyl groups excluding tert-OH is 1. The summed E-state index contributed by atoms with van der Waals surface area (Å²) < 4.78 is 0. The summed E-state index contributed by atoms with van der Waals surface area (Å²) in [4.78, 5) is 0. The van der Waals surface area contributed by atoms with Gasteiger partial charge < -0.3 is 10.2 Å². The lowest BCUT2D eigenvalue weighted by molar-refractivity contribution is 0.0418. The van der Waals surface area contributed by atoms with Crippen LogP contribution in [0.15, 0.2) is 11.6 Å². The molecule has 2 N–H and O–H groups in total. The monoisotopic (exact) mass is 154 g/mol. The van der Waals surface area contributed by atoms with Gasteiger partial charge in [0.05, 0.1) is 12.2 Å². The molecule has 1 saturated carbocycles. The quantitative estimate of drug-likeness (QED) is 0.549.